The van der Waals surface area contributed by atoms with Crippen molar-refractivity contribution >= 4 is 11.8 Å². The Hall–Kier alpha value is -1.85. The maximum absolute atomic E-state index is 13.1. The lowest BCUT2D eigenvalue weighted by Gasteiger charge is -2.25. The Morgan fingerprint density at radius 2 is 1.90 bits per heavy atom. The van der Waals surface area contributed by atoms with Crippen molar-refractivity contribution in [3.63, 3.8) is 0 Å². The quantitative estimate of drug-likeness (QED) is 0.851. The molecule has 2 amide bonds. The zero-order valence-corrected chi connectivity index (χ0v) is 11.8. The van der Waals surface area contributed by atoms with Crippen molar-refractivity contribution in [3.8, 4) is 0 Å². The van der Waals surface area contributed by atoms with Crippen molar-refractivity contribution in [2.45, 2.75) is 44.7 Å². The van der Waals surface area contributed by atoms with Gasteiger partial charge in [-0.25, -0.2) is 0 Å². The molecule has 3 nitrogen and oxygen atoms in total. The van der Waals surface area contributed by atoms with Crippen molar-refractivity contribution < 1.29 is 22.8 Å². The van der Waals surface area contributed by atoms with E-state index in [9.17, 15) is 22.8 Å². The fraction of sp³-hybridized carbons (Fsp3) is 0.467. The maximum atomic E-state index is 13.1. The summed E-state index contributed by atoms with van der Waals surface area (Å²) in [4.78, 5) is 23.0. The van der Waals surface area contributed by atoms with E-state index in [1.165, 1.54) is 12.1 Å². The highest BCUT2D eigenvalue weighted by molar-refractivity contribution is 6.01. The number of carbonyl (C=O) groups is 2. The first-order valence-corrected chi connectivity index (χ1v) is 6.75. The molecule has 1 atom stereocenters. The molecule has 1 fully saturated rings. The van der Waals surface area contributed by atoms with Crippen LogP contribution in [0.15, 0.2) is 18.2 Å². The molecule has 0 spiro atoms. The summed E-state index contributed by atoms with van der Waals surface area (Å²) in [5, 5.41) is 2.11. The number of hydrogen-bond acceptors (Lipinski definition) is 2. The zero-order valence-electron chi connectivity index (χ0n) is 11.8. The largest absolute Gasteiger partial charge is 0.416 e. The Bertz CT molecular complexity index is 579. The van der Waals surface area contributed by atoms with Crippen LogP contribution in [0.4, 0.5) is 13.2 Å². The molecule has 1 unspecified atom stereocenters. The van der Waals surface area contributed by atoms with Crippen LogP contribution in [0, 0.1) is 0 Å². The minimum absolute atomic E-state index is 0.0429. The van der Waals surface area contributed by atoms with Crippen LogP contribution in [0.5, 0.6) is 0 Å². The molecule has 114 valence electrons. The lowest BCUT2D eigenvalue weighted by Crippen LogP contribution is -2.40. The molecule has 1 aliphatic rings. The van der Waals surface area contributed by atoms with Gasteiger partial charge >= 0.3 is 6.18 Å². The third-order valence-corrected chi connectivity index (χ3v) is 3.66. The first-order valence-electron chi connectivity index (χ1n) is 6.75. The van der Waals surface area contributed by atoms with Crippen LogP contribution in [0.2, 0.25) is 0 Å². The number of nitrogens with one attached hydrogen (secondary N) is 1. The van der Waals surface area contributed by atoms with Crippen LogP contribution in [0.1, 0.15) is 55.2 Å². The lowest BCUT2D eigenvalue weighted by atomic mass is 9.85. The topological polar surface area (TPSA) is 46.2 Å². The summed E-state index contributed by atoms with van der Waals surface area (Å²) in [7, 11) is 0. The lowest BCUT2D eigenvalue weighted by molar-refractivity contribution is -0.139. The fourth-order valence-corrected chi connectivity index (χ4v) is 2.48. The molecule has 0 saturated carbocycles. The van der Waals surface area contributed by atoms with Gasteiger partial charge in [0, 0.05) is 6.42 Å². The number of amides is 2. The normalized spacial score (nSPS) is 19.8. The van der Waals surface area contributed by atoms with Gasteiger partial charge in [0.1, 0.15) is 0 Å². The molecule has 0 aromatic heterocycles. The van der Waals surface area contributed by atoms with Crippen LogP contribution < -0.4 is 5.32 Å². The van der Waals surface area contributed by atoms with Crippen molar-refractivity contribution in [1.82, 2.24) is 5.32 Å². The number of alkyl halides is 3. The monoisotopic (exact) mass is 299 g/mol. The Labute approximate surface area is 120 Å². The molecule has 1 saturated heterocycles. The number of rotatable bonds is 2. The molecule has 21 heavy (non-hydrogen) atoms. The second-order valence-corrected chi connectivity index (χ2v) is 5.50. The van der Waals surface area contributed by atoms with E-state index in [1.54, 1.807) is 0 Å². The number of hydrogen-bond donors (Lipinski definition) is 1. The first kappa shape index (κ1) is 15.5. The minimum atomic E-state index is -4.52. The van der Waals surface area contributed by atoms with E-state index in [2.05, 4.69) is 5.32 Å². The van der Waals surface area contributed by atoms with Gasteiger partial charge in [-0.3, -0.25) is 14.9 Å². The van der Waals surface area contributed by atoms with Gasteiger partial charge in [-0.15, -0.1) is 0 Å². The molecule has 0 aliphatic carbocycles. The van der Waals surface area contributed by atoms with E-state index in [4.69, 9.17) is 0 Å². The molecule has 0 bridgehead atoms. The number of carbonyl (C=O) groups excluding carboxylic acids is 2. The third-order valence-electron chi connectivity index (χ3n) is 3.66. The van der Waals surface area contributed by atoms with Crippen molar-refractivity contribution in [2.24, 2.45) is 0 Å². The highest BCUT2D eigenvalue weighted by atomic mass is 19.4. The van der Waals surface area contributed by atoms with Crippen molar-refractivity contribution in [3.05, 3.63) is 34.9 Å². The molecule has 2 rings (SSSR count). The number of imide groups is 1. The number of halogens is 3. The van der Waals surface area contributed by atoms with E-state index in [-0.39, 0.29) is 24.3 Å². The smallest absolute Gasteiger partial charge is 0.296 e. The summed E-state index contributed by atoms with van der Waals surface area (Å²) in [6.45, 7) is 3.74. The number of benzene rings is 1. The average Bonchev–Trinajstić information content (AvgIpc) is 2.36. The molecular weight excluding hydrogens is 283 g/mol. The summed E-state index contributed by atoms with van der Waals surface area (Å²) in [5.74, 6) is -1.97. The van der Waals surface area contributed by atoms with E-state index in [0.29, 0.717) is 0 Å². The number of piperidine rings is 1. The molecule has 1 aliphatic heterocycles. The van der Waals surface area contributed by atoms with Gasteiger partial charge in [0.05, 0.1) is 11.5 Å². The second-order valence-electron chi connectivity index (χ2n) is 5.50. The van der Waals surface area contributed by atoms with Gasteiger partial charge in [-0.2, -0.15) is 13.2 Å². The SMILES string of the molecule is CC(C)c1ccc(C(F)(F)F)c(C2CCC(=O)NC2=O)c1. The molecule has 1 heterocycles. The fourth-order valence-electron chi connectivity index (χ4n) is 2.48. The molecule has 1 aromatic rings. The van der Waals surface area contributed by atoms with Gasteiger partial charge in [-0.1, -0.05) is 26.0 Å². The van der Waals surface area contributed by atoms with Gasteiger partial charge in [-0.05, 0) is 29.5 Å². The third kappa shape index (κ3) is 3.25. The Kier molecular flexibility index (Phi) is 4.07. The van der Waals surface area contributed by atoms with Gasteiger partial charge in [0.2, 0.25) is 11.8 Å². The highest BCUT2D eigenvalue weighted by Gasteiger charge is 2.38. The highest BCUT2D eigenvalue weighted by Crippen LogP contribution is 2.39. The summed E-state index contributed by atoms with van der Waals surface area (Å²) in [5.41, 5.74) is -0.109. The Morgan fingerprint density at radius 3 is 2.43 bits per heavy atom. The van der Waals surface area contributed by atoms with E-state index < -0.39 is 29.5 Å². The van der Waals surface area contributed by atoms with Crippen LogP contribution in [0.25, 0.3) is 0 Å². The van der Waals surface area contributed by atoms with Crippen molar-refractivity contribution in [2.75, 3.05) is 0 Å². The summed E-state index contributed by atoms with van der Waals surface area (Å²) < 4.78 is 39.4. The van der Waals surface area contributed by atoms with Gasteiger partial charge < -0.3 is 0 Å². The van der Waals surface area contributed by atoms with Crippen molar-refractivity contribution in [1.29, 1.82) is 0 Å². The van der Waals surface area contributed by atoms with E-state index in [1.807, 2.05) is 13.8 Å². The molecule has 1 N–H and O–H groups in total. The Balaban J connectivity index is 2.50. The van der Waals surface area contributed by atoms with Crippen LogP contribution >= 0.6 is 0 Å². The predicted molar refractivity (Wildman–Crippen MR) is 70.7 cm³/mol. The first-order chi connectivity index (χ1) is 9.70. The minimum Gasteiger partial charge on any atom is -0.296 e. The summed E-state index contributed by atoms with van der Waals surface area (Å²) >= 11 is 0. The standard InChI is InChI=1S/C15H16F3NO2/c1-8(2)9-3-5-12(15(16,17)18)11(7-9)10-4-6-13(20)19-14(10)21/h3,5,7-8,10H,4,6H2,1-2H3,(H,19,20,21). The second kappa shape index (κ2) is 5.50. The van der Waals surface area contributed by atoms with Crippen LogP contribution in [-0.2, 0) is 15.8 Å². The van der Waals surface area contributed by atoms with Gasteiger partial charge in [0.25, 0.3) is 0 Å². The molecule has 6 heteroatoms. The van der Waals surface area contributed by atoms with E-state index in [0.717, 1.165) is 11.6 Å². The predicted octanol–water partition coefficient (Wildman–Crippen LogP) is 3.35. The molecule has 1 aromatic carbocycles. The molecule has 0 radical (unpaired) electrons. The zero-order chi connectivity index (χ0) is 15.8. The summed E-state index contributed by atoms with van der Waals surface area (Å²) in [6.07, 6.45) is -4.36. The van der Waals surface area contributed by atoms with Crippen LogP contribution in [-0.4, -0.2) is 11.8 Å². The summed E-state index contributed by atoms with van der Waals surface area (Å²) in [6, 6.07) is 3.89. The average molecular weight is 299 g/mol. The maximum Gasteiger partial charge on any atom is 0.416 e. The Morgan fingerprint density at radius 1 is 1.24 bits per heavy atom. The van der Waals surface area contributed by atoms with Crippen LogP contribution in [0.3, 0.4) is 0 Å². The van der Waals surface area contributed by atoms with E-state index >= 15 is 0 Å². The molecular formula is C15H16F3NO2. The van der Waals surface area contributed by atoms with Gasteiger partial charge in [0.15, 0.2) is 0 Å².